The molecular weight excluding hydrogens is 277 g/mol. The molecule has 1 amide bonds. The van der Waals surface area contributed by atoms with Gasteiger partial charge < -0.3 is 14.6 Å². The number of anilines is 1. The second kappa shape index (κ2) is 5.61. The van der Waals surface area contributed by atoms with Crippen LogP contribution in [-0.4, -0.2) is 23.2 Å². The zero-order valence-electron chi connectivity index (χ0n) is 12.2. The van der Waals surface area contributed by atoms with E-state index in [0.717, 1.165) is 0 Å². The van der Waals surface area contributed by atoms with Crippen LogP contribution in [0.15, 0.2) is 22.7 Å². The molecule has 0 bridgehead atoms. The number of nitrogens with one attached hydrogen (secondary N) is 1. The fourth-order valence-corrected chi connectivity index (χ4v) is 1.62. The van der Waals surface area contributed by atoms with Gasteiger partial charge in [-0.25, -0.2) is 4.39 Å². The first-order valence-corrected chi connectivity index (χ1v) is 6.30. The summed E-state index contributed by atoms with van der Waals surface area (Å²) in [5, 5.41) is 6.26. The Morgan fingerprint density at radius 1 is 1.43 bits per heavy atom. The van der Waals surface area contributed by atoms with Crippen molar-refractivity contribution in [3.05, 3.63) is 29.8 Å². The number of nitrogens with zero attached hydrogens (tertiary/aromatic N) is 2. The van der Waals surface area contributed by atoms with Crippen molar-refractivity contribution in [2.24, 2.45) is 0 Å². The average Bonchev–Trinajstić information content (AvgIpc) is 2.91. The number of halogens is 1. The van der Waals surface area contributed by atoms with E-state index in [-0.39, 0.29) is 17.5 Å². The molecule has 0 saturated carbocycles. The number of hydrogen-bond donors (Lipinski definition) is 1. The number of carbonyl (C=O) groups is 1. The second-order valence-corrected chi connectivity index (χ2v) is 5.01. The van der Waals surface area contributed by atoms with Gasteiger partial charge in [-0.2, -0.15) is 4.98 Å². The molecule has 0 aliphatic heterocycles. The number of carbonyl (C=O) groups excluding carboxylic acids is 1. The molecular formula is C14H16FN3O3. The monoisotopic (exact) mass is 293 g/mol. The van der Waals surface area contributed by atoms with Crippen molar-refractivity contribution in [2.45, 2.75) is 26.4 Å². The van der Waals surface area contributed by atoms with Crippen molar-refractivity contribution in [1.29, 1.82) is 0 Å². The van der Waals surface area contributed by atoms with E-state index in [2.05, 4.69) is 15.5 Å². The highest BCUT2D eigenvalue weighted by Crippen LogP contribution is 2.27. The lowest BCUT2D eigenvalue weighted by Gasteiger charge is -2.17. The van der Waals surface area contributed by atoms with Crippen LogP contribution < -0.4 is 5.32 Å². The Labute approximate surface area is 121 Å². The molecule has 0 spiro atoms. The van der Waals surface area contributed by atoms with Gasteiger partial charge in [-0.3, -0.25) is 4.79 Å². The zero-order chi connectivity index (χ0) is 15.6. The average molecular weight is 293 g/mol. The predicted molar refractivity (Wildman–Crippen MR) is 74.0 cm³/mol. The highest BCUT2D eigenvalue weighted by atomic mass is 19.1. The summed E-state index contributed by atoms with van der Waals surface area (Å²) in [7, 11) is 1.54. The SMILES string of the molecule is COC(C)(C)c1noc(-c2ccc(F)c(NC(C)=O)c2)n1. The summed E-state index contributed by atoms with van der Waals surface area (Å²) in [4.78, 5) is 15.3. The largest absolute Gasteiger partial charge is 0.371 e. The van der Waals surface area contributed by atoms with Crippen molar-refractivity contribution in [3.63, 3.8) is 0 Å². The number of methoxy groups -OCH3 is 1. The number of benzene rings is 1. The van der Waals surface area contributed by atoms with Crippen LogP contribution in [0.3, 0.4) is 0 Å². The standard InChI is InChI=1S/C14H16FN3O3/c1-8(19)16-11-7-9(5-6-10(11)15)12-17-13(18-21-12)14(2,3)20-4/h5-7H,1-4H3,(H,16,19). The van der Waals surface area contributed by atoms with E-state index < -0.39 is 11.4 Å². The smallest absolute Gasteiger partial charge is 0.258 e. The quantitative estimate of drug-likeness (QED) is 0.937. The first-order chi connectivity index (χ1) is 9.83. The molecule has 21 heavy (non-hydrogen) atoms. The number of aromatic nitrogens is 2. The zero-order valence-corrected chi connectivity index (χ0v) is 12.2. The Morgan fingerprint density at radius 3 is 2.76 bits per heavy atom. The van der Waals surface area contributed by atoms with E-state index >= 15 is 0 Å². The van der Waals surface area contributed by atoms with E-state index in [1.807, 2.05) is 0 Å². The van der Waals surface area contributed by atoms with Crippen LogP contribution in [0, 0.1) is 5.82 Å². The lowest BCUT2D eigenvalue weighted by atomic mass is 10.1. The summed E-state index contributed by atoms with van der Waals surface area (Å²) >= 11 is 0. The van der Waals surface area contributed by atoms with Gasteiger partial charge in [0.05, 0.1) is 5.69 Å². The van der Waals surface area contributed by atoms with Crippen molar-refractivity contribution in [3.8, 4) is 11.5 Å². The van der Waals surface area contributed by atoms with Crippen molar-refractivity contribution in [2.75, 3.05) is 12.4 Å². The molecule has 0 aliphatic rings. The fraction of sp³-hybridized carbons (Fsp3) is 0.357. The van der Waals surface area contributed by atoms with Gasteiger partial charge >= 0.3 is 0 Å². The van der Waals surface area contributed by atoms with E-state index in [1.54, 1.807) is 21.0 Å². The molecule has 6 nitrogen and oxygen atoms in total. The topological polar surface area (TPSA) is 77.3 Å². The maximum atomic E-state index is 13.6. The molecule has 1 aromatic carbocycles. The summed E-state index contributed by atoms with van der Waals surface area (Å²) in [5.41, 5.74) is -0.126. The summed E-state index contributed by atoms with van der Waals surface area (Å²) in [6, 6.07) is 4.16. The van der Waals surface area contributed by atoms with Crippen LogP contribution in [-0.2, 0) is 15.1 Å². The van der Waals surface area contributed by atoms with E-state index in [9.17, 15) is 9.18 Å². The Balaban J connectivity index is 2.37. The highest BCUT2D eigenvalue weighted by molar-refractivity contribution is 5.89. The van der Waals surface area contributed by atoms with E-state index in [0.29, 0.717) is 11.4 Å². The molecule has 2 aromatic rings. The van der Waals surface area contributed by atoms with Gasteiger partial charge in [-0.05, 0) is 32.0 Å². The maximum absolute atomic E-state index is 13.6. The first-order valence-electron chi connectivity index (χ1n) is 6.30. The molecule has 0 radical (unpaired) electrons. The van der Waals surface area contributed by atoms with Gasteiger partial charge in [0.25, 0.3) is 5.89 Å². The molecule has 1 heterocycles. The molecule has 0 saturated heterocycles. The number of amides is 1. The normalized spacial score (nSPS) is 11.5. The van der Waals surface area contributed by atoms with Crippen molar-refractivity contribution < 1.29 is 18.4 Å². The van der Waals surface area contributed by atoms with Gasteiger partial charge in [0.1, 0.15) is 11.4 Å². The van der Waals surface area contributed by atoms with Gasteiger partial charge in [-0.1, -0.05) is 5.16 Å². The Bertz CT molecular complexity index is 667. The molecule has 0 atom stereocenters. The molecule has 0 unspecified atom stereocenters. The highest BCUT2D eigenvalue weighted by Gasteiger charge is 2.26. The molecule has 7 heteroatoms. The minimum Gasteiger partial charge on any atom is -0.371 e. The Hall–Kier alpha value is -2.28. The molecule has 1 aromatic heterocycles. The van der Waals surface area contributed by atoms with E-state index in [4.69, 9.17) is 9.26 Å². The van der Waals surface area contributed by atoms with Crippen LogP contribution in [0.1, 0.15) is 26.6 Å². The second-order valence-electron chi connectivity index (χ2n) is 5.01. The van der Waals surface area contributed by atoms with E-state index in [1.165, 1.54) is 25.1 Å². The van der Waals surface area contributed by atoms with Gasteiger partial charge in [0.2, 0.25) is 11.7 Å². The Kier molecular flexibility index (Phi) is 4.04. The predicted octanol–water partition coefficient (Wildman–Crippen LogP) is 2.72. The van der Waals surface area contributed by atoms with Gasteiger partial charge in [0.15, 0.2) is 0 Å². The lowest BCUT2D eigenvalue weighted by Crippen LogP contribution is -2.21. The van der Waals surface area contributed by atoms with Gasteiger partial charge in [-0.15, -0.1) is 0 Å². The van der Waals surface area contributed by atoms with Crippen molar-refractivity contribution in [1.82, 2.24) is 10.1 Å². The summed E-state index contributed by atoms with van der Waals surface area (Å²) in [6.07, 6.45) is 0. The Morgan fingerprint density at radius 2 is 2.14 bits per heavy atom. The summed E-state index contributed by atoms with van der Waals surface area (Å²) in [5.74, 6) is -0.296. The number of rotatable bonds is 4. The van der Waals surface area contributed by atoms with Crippen LogP contribution in [0.5, 0.6) is 0 Å². The van der Waals surface area contributed by atoms with Crippen LogP contribution >= 0.6 is 0 Å². The number of ether oxygens (including phenoxy) is 1. The third kappa shape index (κ3) is 3.25. The summed E-state index contributed by atoms with van der Waals surface area (Å²) in [6.45, 7) is 4.90. The molecule has 1 N–H and O–H groups in total. The maximum Gasteiger partial charge on any atom is 0.258 e. The number of hydrogen-bond acceptors (Lipinski definition) is 5. The van der Waals surface area contributed by atoms with Crippen LogP contribution in [0.2, 0.25) is 0 Å². The van der Waals surface area contributed by atoms with Gasteiger partial charge in [0, 0.05) is 19.6 Å². The molecule has 0 aliphatic carbocycles. The third-order valence-electron chi connectivity index (χ3n) is 3.00. The third-order valence-corrected chi connectivity index (χ3v) is 3.00. The first kappa shape index (κ1) is 15.1. The molecule has 0 fully saturated rings. The van der Waals surface area contributed by atoms with Crippen LogP contribution in [0.25, 0.3) is 11.5 Å². The van der Waals surface area contributed by atoms with Crippen LogP contribution in [0.4, 0.5) is 10.1 Å². The molecule has 2 rings (SSSR count). The minimum absolute atomic E-state index is 0.0609. The fourth-order valence-electron chi connectivity index (χ4n) is 1.62. The van der Waals surface area contributed by atoms with Crippen molar-refractivity contribution >= 4 is 11.6 Å². The lowest BCUT2D eigenvalue weighted by molar-refractivity contribution is -0.114. The summed E-state index contributed by atoms with van der Waals surface area (Å²) < 4.78 is 24.0. The minimum atomic E-state index is -0.692. The molecule has 112 valence electrons.